The lowest BCUT2D eigenvalue weighted by atomic mass is 10.0. The quantitative estimate of drug-likeness (QED) is 0.0834. The molecule has 0 saturated heterocycles. The summed E-state index contributed by atoms with van der Waals surface area (Å²) >= 11 is 0. The summed E-state index contributed by atoms with van der Waals surface area (Å²) in [5.74, 6) is -0.826. The van der Waals surface area contributed by atoms with Gasteiger partial charge in [0.2, 0.25) is 0 Å². The van der Waals surface area contributed by atoms with Crippen molar-refractivity contribution < 1.29 is 14.5 Å². The molecule has 6 heteroatoms. The van der Waals surface area contributed by atoms with Gasteiger partial charge in [-0.2, -0.15) is 0 Å². The molecular formula is C33H24NO4P. The molecule has 0 radical (unpaired) electrons. The molecule has 5 aromatic rings. The molecule has 0 N–H and O–H groups in total. The van der Waals surface area contributed by atoms with Gasteiger partial charge in [0.1, 0.15) is 0 Å². The van der Waals surface area contributed by atoms with Crippen molar-refractivity contribution in [3.05, 3.63) is 167 Å². The fraction of sp³-hybridized carbons (Fsp3) is 0. The fourth-order valence-electron chi connectivity index (χ4n) is 4.79. The molecule has 0 aliphatic carbocycles. The van der Waals surface area contributed by atoms with Gasteiger partial charge < -0.3 is 0 Å². The van der Waals surface area contributed by atoms with Crippen molar-refractivity contribution in [3.8, 4) is 0 Å². The molecule has 0 unspecified atom stereocenters. The highest BCUT2D eigenvalue weighted by Gasteiger charge is 2.37. The third-order valence-electron chi connectivity index (χ3n) is 6.57. The second-order valence-electron chi connectivity index (χ2n) is 8.85. The van der Waals surface area contributed by atoms with Crippen molar-refractivity contribution >= 4 is 45.3 Å². The van der Waals surface area contributed by atoms with E-state index in [1.54, 1.807) is 24.3 Å². The van der Waals surface area contributed by atoms with Gasteiger partial charge in [-0.25, -0.2) is 0 Å². The maximum Gasteiger partial charge on any atom is 0.269 e. The van der Waals surface area contributed by atoms with Crippen LogP contribution in [0.25, 0.3) is 0 Å². The Bertz CT molecular complexity index is 1580. The minimum absolute atomic E-state index is 0.127. The molecule has 0 amide bonds. The number of rotatable bonds is 8. The Balaban J connectivity index is 1.98. The standard InChI is InChI=1S/C33H24NO4P/c35-31(25-13-5-1-6-14-25)33(32(36)26-21-23-27(24-22-26)34(37)38)39(28-15-7-2-8-16-28,29-17-9-3-10-18-29)30-19-11-4-12-20-30/h1-24H. The smallest absolute Gasteiger partial charge is 0.269 e. The molecule has 0 spiro atoms. The first-order valence-corrected chi connectivity index (χ1v) is 14.1. The van der Waals surface area contributed by atoms with Crippen LogP contribution < -0.4 is 15.9 Å². The third-order valence-corrected chi connectivity index (χ3v) is 10.9. The van der Waals surface area contributed by atoms with E-state index in [1.807, 2.05) is 97.1 Å². The largest absolute Gasteiger partial charge is 0.288 e. The Hall–Kier alpha value is -4.86. The lowest BCUT2D eigenvalue weighted by molar-refractivity contribution is -0.384. The zero-order chi connectivity index (χ0) is 27.2. The third kappa shape index (κ3) is 4.88. The van der Waals surface area contributed by atoms with Gasteiger partial charge in [0.15, 0.2) is 11.6 Å². The van der Waals surface area contributed by atoms with Crippen LogP contribution in [0.15, 0.2) is 146 Å². The van der Waals surface area contributed by atoms with Crippen molar-refractivity contribution in [1.82, 2.24) is 0 Å². The number of ketones is 2. The van der Waals surface area contributed by atoms with Crippen LogP contribution in [-0.4, -0.2) is 21.8 Å². The summed E-state index contributed by atoms with van der Waals surface area (Å²) in [4.78, 5) is 40.0. The van der Waals surface area contributed by atoms with Gasteiger partial charge >= 0.3 is 0 Å². The second-order valence-corrected chi connectivity index (χ2v) is 12.2. The minimum Gasteiger partial charge on any atom is -0.288 e. The summed E-state index contributed by atoms with van der Waals surface area (Å²) in [6, 6.07) is 43.2. The summed E-state index contributed by atoms with van der Waals surface area (Å²) in [7, 11) is 0. The van der Waals surface area contributed by atoms with E-state index in [1.165, 1.54) is 24.3 Å². The van der Waals surface area contributed by atoms with Gasteiger partial charge in [-0.15, -0.1) is 0 Å². The van der Waals surface area contributed by atoms with Crippen LogP contribution in [0, 0.1) is 10.1 Å². The lowest BCUT2D eigenvalue weighted by Gasteiger charge is -2.32. The van der Waals surface area contributed by atoms with Gasteiger partial charge in [-0.05, 0) is 34.9 Å². The summed E-state index contributed by atoms with van der Waals surface area (Å²) in [6.45, 7) is -3.05. The van der Waals surface area contributed by atoms with Gasteiger partial charge in [-0.1, -0.05) is 121 Å². The highest BCUT2D eigenvalue weighted by molar-refractivity contribution is 7.97. The Morgan fingerprint density at radius 3 is 1.18 bits per heavy atom. The average Bonchev–Trinajstić information content (AvgIpc) is 3.01. The van der Waals surface area contributed by atoms with Crippen molar-refractivity contribution in [3.63, 3.8) is 0 Å². The summed E-state index contributed by atoms with van der Waals surface area (Å²) in [5.41, 5.74) is 0.486. The van der Waals surface area contributed by atoms with Crippen molar-refractivity contribution in [2.75, 3.05) is 0 Å². The predicted octanol–water partition coefficient (Wildman–Crippen LogP) is 5.83. The number of benzene rings is 5. The zero-order valence-corrected chi connectivity index (χ0v) is 21.8. The Morgan fingerprint density at radius 1 is 0.487 bits per heavy atom. The number of nitro benzene ring substituents is 1. The number of hydrogen-bond acceptors (Lipinski definition) is 4. The van der Waals surface area contributed by atoms with Crippen LogP contribution in [-0.2, 0) is 0 Å². The van der Waals surface area contributed by atoms with Crippen LogP contribution in [0.4, 0.5) is 5.69 Å². The zero-order valence-electron chi connectivity index (χ0n) is 20.9. The number of nitrogens with zero attached hydrogens (tertiary/aromatic N) is 1. The van der Waals surface area contributed by atoms with Crippen molar-refractivity contribution in [2.45, 2.75) is 0 Å². The Kier molecular flexibility index (Phi) is 7.44. The first kappa shape index (κ1) is 25.8. The Morgan fingerprint density at radius 2 is 0.821 bits per heavy atom. The van der Waals surface area contributed by atoms with Crippen LogP contribution in [0.5, 0.6) is 0 Å². The number of nitro groups is 1. The highest BCUT2D eigenvalue weighted by atomic mass is 31.2. The fourth-order valence-corrected chi connectivity index (χ4v) is 9.19. The van der Waals surface area contributed by atoms with E-state index in [-0.39, 0.29) is 22.3 Å². The molecule has 0 fully saturated rings. The van der Waals surface area contributed by atoms with Gasteiger partial charge in [-0.3, -0.25) is 19.7 Å². The molecule has 0 saturated carbocycles. The summed E-state index contributed by atoms with van der Waals surface area (Å²) < 4.78 is 0. The van der Waals surface area contributed by atoms with Crippen molar-refractivity contribution in [2.24, 2.45) is 0 Å². The molecule has 0 bridgehead atoms. The minimum atomic E-state index is -3.05. The average molecular weight is 530 g/mol. The number of carbonyl (C=O) groups is 2. The maximum absolute atomic E-state index is 14.6. The molecule has 190 valence electrons. The van der Waals surface area contributed by atoms with E-state index in [4.69, 9.17) is 0 Å². The van der Waals surface area contributed by atoms with Crippen LogP contribution >= 0.6 is 6.89 Å². The molecule has 5 nitrogen and oxygen atoms in total. The van der Waals surface area contributed by atoms with Crippen LogP contribution in [0.1, 0.15) is 20.7 Å². The first-order valence-electron chi connectivity index (χ1n) is 12.4. The van der Waals surface area contributed by atoms with E-state index in [2.05, 4.69) is 0 Å². The van der Waals surface area contributed by atoms with E-state index in [9.17, 15) is 19.7 Å². The summed E-state index contributed by atoms with van der Waals surface area (Å²) in [6.07, 6.45) is 0. The highest BCUT2D eigenvalue weighted by Crippen LogP contribution is 2.47. The SMILES string of the molecule is O=C(C(C(=O)c1ccc([N+](=O)[O-])cc1)=P(c1ccccc1)(c1ccccc1)c1ccccc1)c1ccccc1. The van der Waals surface area contributed by atoms with Gasteiger partial charge in [0.25, 0.3) is 5.69 Å². The normalized spacial score (nSPS) is 11.0. The number of hydrogen-bond donors (Lipinski definition) is 0. The lowest BCUT2D eigenvalue weighted by Crippen LogP contribution is -2.37. The van der Waals surface area contributed by atoms with E-state index < -0.39 is 17.6 Å². The maximum atomic E-state index is 14.6. The number of carbonyl (C=O) groups excluding carboxylic acids is 2. The van der Waals surface area contributed by atoms with E-state index in [0.717, 1.165) is 15.9 Å². The molecule has 5 aromatic carbocycles. The molecule has 0 atom stereocenters. The second kappa shape index (κ2) is 11.3. The molecule has 0 aliphatic rings. The Labute approximate surface area is 226 Å². The van der Waals surface area contributed by atoms with Gasteiger partial charge in [0.05, 0.1) is 10.2 Å². The molecule has 0 aromatic heterocycles. The topological polar surface area (TPSA) is 77.3 Å². The number of non-ortho nitro benzene ring substituents is 1. The van der Waals surface area contributed by atoms with Gasteiger partial charge in [0, 0.05) is 23.3 Å². The van der Waals surface area contributed by atoms with E-state index in [0.29, 0.717) is 5.56 Å². The van der Waals surface area contributed by atoms with Crippen LogP contribution in [0.2, 0.25) is 0 Å². The number of Topliss-reactive ketones (excluding diaryl/α,β-unsaturated/α-hetero) is 2. The molecular weight excluding hydrogens is 505 g/mol. The van der Waals surface area contributed by atoms with E-state index >= 15 is 0 Å². The monoisotopic (exact) mass is 529 g/mol. The molecule has 39 heavy (non-hydrogen) atoms. The first-order chi connectivity index (χ1) is 19.0. The molecule has 0 heterocycles. The molecule has 5 rings (SSSR count). The predicted molar refractivity (Wildman–Crippen MR) is 158 cm³/mol. The summed E-state index contributed by atoms with van der Waals surface area (Å²) in [5, 5.41) is 14.0. The van der Waals surface area contributed by atoms with Crippen LogP contribution in [0.3, 0.4) is 0 Å². The molecule has 0 aliphatic heterocycles. The van der Waals surface area contributed by atoms with Crippen molar-refractivity contribution in [1.29, 1.82) is 0 Å².